The largest absolute Gasteiger partial charge is 0.382 e. The number of rotatable bonds is 6. The first kappa shape index (κ1) is 13.1. The molecule has 0 aliphatic carbocycles. The molecule has 0 aliphatic rings. The van der Waals surface area contributed by atoms with Crippen molar-refractivity contribution in [3.05, 3.63) is 28.5 Å². The van der Waals surface area contributed by atoms with E-state index in [1.165, 1.54) is 0 Å². The number of halogens is 1. The van der Waals surface area contributed by atoms with Crippen molar-refractivity contribution in [2.24, 2.45) is 0 Å². The topological polar surface area (TPSA) is 51.2 Å². The average Bonchev–Trinajstić information content (AvgIpc) is 2.28. The van der Waals surface area contributed by atoms with Gasteiger partial charge in [-0.15, -0.1) is 0 Å². The monoisotopic (exact) mass is 286 g/mol. The van der Waals surface area contributed by atoms with Crippen LogP contribution in [0.25, 0.3) is 0 Å². The van der Waals surface area contributed by atoms with Gasteiger partial charge in [-0.25, -0.2) is 0 Å². The third kappa shape index (κ3) is 4.72. The summed E-state index contributed by atoms with van der Waals surface area (Å²) in [7, 11) is 0. The van der Waals surface area contributed by atoms with Crippen molar-refractivity contribution in [1.82, 2.24) is 10.3 Å². The predicted octanol–water partition coefficient (Wildman–Crippen LogP) is 2.00. The smallest absolute Gasteiger partial charge is 0.252 e. The maximum Gasteiger partial charge on any atom is 0.252 e. The van der Waals surface area contributed by atoms with E-state index < -0.39 is 0 Å². The Labute approximate surface area is 104 Å². The predicted molar refractivity (Wildman–Crippen MR) is 65.4 cm³/mol. The van der Waals surface area contributed by atoms with E-state index in [1.807, 2.05) is 6.92 Å². The molecule has 1 N–H and O–H groups in total. The second-order valence-electron chi connectivity index (χ2n) is 3.20. The molecule has 1 heterocycles. The fourth-order valence-corrected chi connectivity index (χ4v) is 1.52. The van der Waals surface area contributed by atoms with Gasteiger partial charge in [0.2, 0.25) is 0 Å². The third-order valence-electron chi connectivity index (χ3n) is 1.92. The van der Waals surface area contributed by atoms with Gasteiger partial charge in [-0.3, -0.25) is 9.78 Å². The summed E-state index contributed by atoms with van der Waals surface area (Å²) < 4.78 is 5.97. The van der Waals surface area contributed by atoms with Crippen molar-refractivity contribution < 1.29 is 9.53 Å². The van der Waals surface area contributed by atoms with E-state index >= 15 is 0 Å². The summed E-state index contributed by atoms with van der Waals surface area (Å²) in [5.41, 5.74) is 0.561. The van der Waals surface area contributed by atoms with E-state index in [-0.39, 0.29) is 5.91 Å². The summed E-state index contributed by atoms with van der Waals surface area (Å²) in [5, 5.41) is 2.81. The zero-order valence-electron chi connectivity index (χ0n) is 9.20. The first-order chi connectivity index (χ1) is 7.74. The number of hydrogen-bond donors (Lipinski definition) is 1. The summed E-state index contributed by atoms with van der Waals surface area (Å²) >= 11 is 3.27. The molecule has 0 bridgehead atoms. The molecule has 16 heavy (non-hydrogen) atoms. The number of carbonyl (C=O) groups excluding carboxylic acids is 1. The Morgan fingerprint density at radius 2 is 2.38 bits per heavy atom. The molecule has 1 aromatic heterocycles. The standard InChI is InChI=1S/C11H15BrN2O2/c1-2-16-5-3-4-14-11(15)9-6-10(12)8-13-7-9/h6-8H,2-5H2,1H3,(H,14,15). The Kier molecular flexibility index (Phi) is 6.03. The molecule has 5 heteroatoms. The third-order valence-corrected chi connectivity index (χ3v) is 2.36. The highest BCUT2D eigenvalue weighted by molar-refractivity contribution is 9.10. The van der Waals surface area contributed by atoms with Crippen LogP contribution in [0.15, 0.2) is 22.9 Å². The molecular formula is C11H15BrN2O2. The van der Waals surface area contributed by atoms with Gasteiger partial charge in [0.05, 0.1) is 5.56 Å². The van der Waals surface area contributed by atoms with Gasteiger partial charge in [0.15, 0.2) is 0 Å². The molecule has 0 aromatic carbocycles. The molecular weight excluding hydrogens is 272 g/mol. The molecule has 0 atom stereocenters. The molecule has 4 nitrogen and oxygen atoms in total. The minimum Gasteiger partial charge on any atom is -0.382 e. The summed E-state index contributed by atoms with van der Waals surface area (Å²) in [6.07, 6.45) is 4.01. The van der Waals surface area contributed by atoms with Crippen LogP contribution in [0.3, 0.4) is 0 Å². The SMILES string of the molecule is CCOCCCNC(=O)c1cncc(Br)c1. The fourth-order valence-electron chi connectivity index (χ4n) is 1.16. The van der Waals surface area contributed by atoms with Crippen LogP contribution in [0, 0.1) is 0 Å². The number of nitrogens with one attached hydrogen (secondary N) is 1. The van der Waals surface area contributed by atoms with E-state index in [2.05, 4.69) is 26.2 Å². The van der Waals surface area contributed by atoms with Crippen LogP contribution in [0.1, 0.15) is 23.7 Å². The zero-order chi connectivity index (χ0) is 11.8. The molecule has 0 unspecified atom stereocenters. The Balaban J connectivity index is 2.30. The lowest BCUT2D eigenvalue weighted by Gasteiger charge is -2.05. The van der Waals surface area contributed by atoms with Crippen molar-refractivity contribution >= 4 is 21.8 Å². The maximum absolute atomic E-state index is 11.6. The first-order valence-corrected chi connectivity index (χ1v) is 6.00. The second kappa shape index (κ2) is 7.35. The number of nitrogens with zero attached hydrogens (tertiary/aromatic N) is 1. The highest BCUT2D eigenvalue weighted by Gasteiger charge is 2.04. The zero-order valence-corrected chi connectivity index (χ0v) is 10.8. The van der Waals surface area contributed by atoms with Gasteiger partial charge >= 0.3 is 0 Å². The van der Waals surface area contributed by atoms with Crippen molar-refractivity contribution in [3.8, 4) is 0 Å². The molecule has 1 amide bonds. The number of ether oxygens (including phenoxy) is 1. The number of aromatic nitrogens is 1. The van der Waals surface area contributed by atoms with E-state index in [0.29, 0.717) is 25.3 Å². The fraction of sp³-hybridized carbons (Fsp3) is 0.455. The van der Waals surface area contributed by atoms with E-state index in [0.717, 1.165) is 10.9 Å². The molecule has 0 radical (unpaired) electrons. The van der Waals surface area contributed by atoms with Crippen molar-refractivity contribution in [2.75, 3.05) is 19.8 Å². The quantitative estimate of drug-likeness (QED) is 0.814. The van der Waals surface area contributed by atoms with Gasteiger partial charge in [-0.05, 0) is 35.3 Å². The van der Waals surface area contributed by atoms with Crippen LogP contribution in [0.5, 0.6) is 0 Å². The minimum absolute atomic E-state index is 0.106. The molecule has 0 spiro atoms. The number of pyridine rings is 1. The normalized spacial score (nSPS) is 10.1. The Morgan fingerprint density at radius 3 is 3.06 bits per heavy atom. The van der Waals surface area contributed by atoms with Gasteiger partial charge in [-0.2, -0.15) is 0 Å². The highest BCUT2D eigenvalue weighted by Crippen LogP contribution is 2.09. The van der Waals surface area contributed by atoms with Crippen LogP contribution >= 0.6 is 15.9 Å². The van der Waals surface area contributed by atoms with Gasteiger partial charge in [-0.1, -0.05) is 0 Å². The summed E-state index contributed by atoms with van der Waals surface area (Å²) in [6.45, 7) is 3.95. The van der Waals surface area contributed by atoms with Gasteiger partial charge in [0.1, 0.15) is 0 Å². The van der Waals surface area contributed by atoms with E-state index in [4.69, 9.17) is 4.74 Å². The molecule has 0 aliphatic heterocycles. The van der Waals surface area contributed by atoms with Gasteiger partial charge in [0.25, 0.3) is 5.91 Å². The Bertz CT molecular complexity index is 345. The van der Waals surface area contributed by atoms with Crippen molar-refractivity contribution in [2.45, 2.75) is 13.3 Å². The molecule has 0 fully saturated rings. The lowest BCUT2D eigenvalue weighted by molar-refractivity contribution is 0.0944. The van der Waals surface area contributed by atoms with Crippen LogP contribution in [0.4, 0.5) is 0 Å². The van der Waals surface area contributed by atoms with Crippen LogP contribution in [-0.2, 0) is 4.74 Å². The van der Waals surface area contributed by atoms with Crippen molar-refractivity contribution in [3.63, 3.8) is 0 Å². The minimum atomic E-state index is -0.106. The van der Waals surface area contributed by atoms with Crippen molar-refractivity contribution in [1.29, 1.82) is 0 Å². The summed E-state index contributed by atoms with van der Waals surface area (Å²) in [4.78, 5) is 15.5. The number of carbonyl (C=O) groups is 1. The maximum atomic E-state index is 11.6. The number of amides is 1. The lowest BCUT2D eigenvalue weighted by Crippen LogP contribution is -2.25. The Hall–Kier alpha value is -0.940. The second-order valence-corrected chi connectivity index (χ2v) is 4.11. The van der Waals surface area contributed by atoms with E-state index in [1.54, 1.807) is 18.5 Å². The van der Waals surface area contributed by atoms with Crippen LogP contribution < -0.4 is 5.32 Å². The lowest BCUT2D eigenvalue weighted by atomic mass is 10.2. The summed E-state index contributed by atoms with van der Waals surface area (Å²) in [5.74, 6) is -0.106. The molecule has 1 rings (SSSR count). The van der Waals surface area contributed by atoms with Gasteiger partial charge < -0.3 is 10.1 Å². The molecule has 0 saturated carbocycles. The number of hydrogen-bond acceptors (Lipinski definition) is 3. The molecule has 88 valence electrons. The highest BCUT2D eigenvalue weighted by atomic mass is 79.9. The average molecular weight is 287 g/mol. The van der Waals surface area contributed by atoms with Gasteiger partial charge in [0, 0.05) is 36.6 Å². The Morgan fingerprint density at radius 1 is 1.56 bits per heavy atom. The molecule has 0 saturated heterocycles. The first-order valence-electron chi connectivity index (χ1n) is 5.20. The van der Waals surface area contributed by atoms with Crippen LogP contribution in [-0.4, -0.2) is 30.6 Å². The molecule has 1 aromatic rings. The summed E-state index contributed by atoms with van der Waals surface area (Å²) in [6, 6.07) is 1.74. The van der Waals surface area contributed by atoms with E-state index in [9.17, 15) is 4.79 Å². The van der Waals surface area contributed by atoms with Crippen LogP contribution in [0.2, 0.25) is 0 Å².